The number of anilines is 1. The molecule has 5 aliphatic rings. The Morgan fingerprint density at radius 2 is 1.71 bits per heavy atom. The molecule has 55 heavy (non-hydrogen) atoms. The second kappa shape index (κ2) is 15.2. The van der Waals surface area contributed by atoms with Crippen LogP contribution in [-0.2, 0) is 17.3 Å². The molecule has 2 saturated carbocycles. The van der Waals surface area contributed by atoms with E-state index in [4.69, 9.17) is 9.47 Å². The van der Waals surface area contributed by atoms with Crippen LogP contribution in [0.1, 0.15) is 86.8 Å². The third-order valence-electron chi connectivity index (χ3n) is 13.9. The first-order valence-corrected chi connectivity index (χ1v) is 20.1. The Kier molecular flexibility index (Phi) is 10.6. The van der Waals surface area contributed by atoms with Gasteiger partial charge < -0.3 is 34.8 Å². The molecule has 3 aliphatic carbocycles. The predicted octanol–water partition coefficient (Wildman–Crippen LogP) is 6.48. The second-order valence-corrected chi connectivity index (χ2v) is 17.0. The van der Waals surface area contributed by atoms with Crippen molar-refractivity contribution in [3.8, 4) is 11.6 Å². The van der Waals surface area contributed by atoms with Crippen LogP contribution in [0.2, 0.25) is 0 Å². The normalized spacial score (nSPS) is 35.2. The van der Waals surface area contributed by atoms with Gasteiger partial charge in [0, 0.05) is 37.9 Å². The summed E-state index contributed by atoms with van der Waals surface area (Å²) in [7, 11) is 0. The third-order valence-corrected chi connectivity index (χ3v) is 13.9. The predicted molar refractivity (Wildman–Crippen MR) is 201 cm³/mol. The molecule has 0 radical (unpaired) electrons. The van der Waals surface area contributed by atoms with Crippen LogP contribution in [0.4, 0.5) is 18.9 Å². The fourth-order valence-corrected chi connectivity index (χ4v) is 10.9. The minimum Gasteiger partial charge on any atom is -0.508 e. The Morgan fingerprint density at radius 1 is 0.945 bits per heavy atom. The van der Waals surface area contributed by atoms with Crippen molar-refractivity contribution in [1.82, 2.24) is 9.88 Å². The number of benzene rings is 2. The van der Waals surface area contributed by atoms with Crippen LogP contribution >= 0.6 is 0 Å². The lowest BCUT2D eigenvalue weighted by Crippen LogP contribution is -2.55. The first-order chi connectivity index (χ1) is 26.3. The van der Waals surface area contributed by atoms with E-state index < -0.39 is 42.4 Å². The summed E-state index contributed by atoms with van der Waals surface area (Å²) in [5, 5.41) is 42.9. The Morgan fingerprint density at radius 3 is 2.45 bits per heavy atom. The Bertz CT molecular complexity index is 1800. The van der Waals surface area contributed by atoms with Gasteiger partial charge in [-0.25, -0.2) is 4.98 Å². The maximum absolute atomic E-state index is 13.3. The number of phenolic OH excluding ortho intramolecular Hbond substituents is 1. The highest BCUT2D eigenvalue weighted by atomic mass is 19.4. The van der Waals surface area contributed by atoms with Crippen LogP contribution in [0, 0.1) is 23.2 Å². The van der Waals surface area contributed by atoms with E-state index in [0.29, 0.717) is 35.0 Å². The number of aromatic hydroxyl groups is 1. The van der Waals surface area contributed by atoms with Crippen molar-refractivity contribution in [2.24, 2.45) is 23.2 Å². The molecule has 4 fully saturated rings. The van der Waals surface area contributed by atoms with Crippen molar-refractivity contribution >= 4 is 5.69 Å². The third kappa shape index (κ3) is 7.45. The lowest BCUT2D eigenvalue weighted by atomic mass is 9.52. The Balaban J connectivity index is 0.881. The van der Waals surface area contributed by atoms with Crippen molar-refractivity contribution in [2.75, 3.05) is 37.6 Å². The molecule has 2 aromatic carbocycles. The lowest BCUT2D eigenvalue weighted by Gasteiger charge is -2.53. The standard InChI is InChI=1S/C43H54F3N3O6/c1-25-38(52)39(53)41(55-36-7-3-6-34(47-36)43(44,45)46)40(54-25)26-8-10-29(11-9-26)49-21-19-48(20-22-49)18-4-5-27-23-28-24-30(50)12-13-31(28)32-16-17-42(2)33(37(27)32)14-15-35(42)51/h3,6-13,24-25,27,32-33,35,37-41,50-53H,4-5,14-23H2,1-2H3/t25-,27?,32?,33?,35+,37?,38+,39+,40+,41-,42+/m1/s1. The molecule has 4 N–H and O–H groups in total. The van der Waals surface area contributed by atoms with Gasteiger partial charge >= 0.3 is 6.18 Å². The van der Waals surface area contributed by atoms with Gasteiger partial charge in [-0.05, 0) is 135 Å². The van der Waals surface area contributed by atoms with Gasteiger partial charge in [0.15, 0.2) is 6.10 Å². The summed E-state index contributed by atoms with van der Waals surface area (Å²) in [4.78, 5) is 8.47. The zero-order chi connectivity index (χ0) is 38.6. The van der Waals surface area contributed by atoms with Gasteiger partial charge in [0.2, 0.25) is 5.88 Å². The number of ether oxygens (including phenoxy) is 2. The topological polar surface area (TPSA) is 119 Å². The summed E-state index contributed by atoms with van der Waals surface area (Å²) < 4.78 is 51.8. The number of hydrogen-bond acceptors (Lipinski definition) is 9. The molecular weight excluding hydrogens is 711 g/mol. The minimum absolute atomic E-state index is 0.00722. The van der Waals surface area contributed by atoms with Gasteiger partial charge in [-0.3, -0.25) is 4.90 Å². The average molecular weight is 766 g/mol. The first-order valence-electron chi connectivity index (χ1n) is 20.1. The molecule has 3 aromatic rings. The molecule has 0 amide bonds. The monoisotopic (exact) mass is 765 g/mol. The Labute approximate surface area is 321 Å². The van der Waals surface area contributed by atoms with Crippen molar-refractivity contribution in [2.45, 2.75) is 108 Å². The number of aliphatic hydroxyl groups is 3. The number of fused-ring (bicyclic) bond motifs is 5. The Hall–Kier alpha value is -3.42. The highest BCUT2D eigenvalue weighted by molar-refractivity contribution is 5.49. The number of nitrogens with zero attached hydrogens (tertiary/aromatic N) is 3. The molecule has 0 spiro atoms. The highest BCUT2D eigenvalue weighted by Crippen LogP contribution is 2.62. The smallest absolute Gasteiger partial charge is 0.433 e. The molecule has 0 bridgehead atoms. The summed E-state index contributed by atoms with van der Waals surface area (Å²) in [5.74, 6) is 2.19. The summed E-state index contributed by atoms with van der Waals surface area (Å²) in [6.45, 7) is 8.61. The summed E-state index contributed by atoms with van der Waals surface area (Å²) >= 11 is 0. The number of rotatable bonds is 8. The molecule has 4 unspecified atom stereocenters. The lowest BCUT2D eigenvalue weighted by molar-refractivity contribution is -0.213. The van der Waals surface area contributed by atoms with Crippen LogP contribution < -0.4 is 9.64 Å². The average Bonchev–Trinajstić information content (AvgIpc) is 3.48. The zero-order valence-electron chi connectivity index (χ0n) is 31.6. The van der Waals surface area contributed by atoms with E-state index in [1.54, 1.807) is 6.92 Å². The maximum Gasteiger partial charge on any atom is 0.433 e. The van der Waals surface area contributed by atoms with Gasteiger partial charge in [0.25, 0.3) is 0 Å². The number of aromatic nitrogens is 1. The summed E-state index contributed by atoms with van der Waals surface area (Å²) in [5.41, 5.74) is 3.34. The second-order valence-electron chi connectivity index (χ2n) is 17.0. The maximum atomic E-state index is 13.3. The number of pyridine rings is 1. The number of piperazine rings is 1. The number of aliphatic hydroxyl groups excluding tert-OH is 3. The number of hydrogen-bond donors (Lipinski definition) is 4. The fraction of sp³-hybridized carbons (Fsp3) is 0.605. The van der Waals surface area contributed by atoms with Crippen molar-refractivity contribution in [3.05, 3.63) is 83.0 Å². The molecule has 12 heteroatoms. The van der Waals surface area contributed by atoms with Crippen LogP contribution in [0.3, 0.4) is 0 Å². The van der Waals surface area contributed by atoms with Crippen LogP contribution in [0.25, 0.3) is 0 Å². The van der Waals surface area contributed by atoms with Crippen molar-refractivity contribution in [1.29, 1.82) is 0 Å². The molecule has 8 rings (SSSR count). The number of phenols is 1. The molecule has 3 heterocycles. The van der Waals surface area contributed by atoms with E-state index >= 15 is 0 Å². The molecule has 2 aliphatic heterocycles. The minimum atomic E-state index is -4.66. The van der Waals surface area contributed by atoms with Gasteiger partial charge in [0.05, 0.1) is 12.2 Å². The van der Waals surface area contributed by atoms with Crippen LogP contribution in [0.5, 0.6) is 11.6 Å². The van der Waals surface area contributed by atoms with Gasteiger partial charge in [-0.2, -0.15) is 13.2 Å². The molecule has 9 nitrogen and oxygen atoms in total. The quantitative estimate of drug-likeness (QED) is 0.205. The molecule has 1 aromatic heterocycles. The first kappa shape index (κ1) is 38.5. The van der Waals surface area contributed by atoms with Gasteiger partial charge in [-0.1, -0.05) is 31.2 Å². The van der Waals surface area contributed by atoms with E-state index in [1.807, 2.05) is 36.4 Å². The number of alkyl halides is 3. The van der Waals surface area contributed by atoms with Gasteiger partial charge in [-0.15, -0.1) is 0 Å². The molecule has 11 atom stereocenters. The van der Waals surface area contributed by atoms with E-state index in [9.17, 15) is 33.6 Å². The zero-order valence-corrected chi connectivity index (χ0v) is 31.6. The molecule has 2 saturated heterocycles. The summed E-state index contributed by atoms with van der Waals surface area (Å²) in [6, 6.07) is 17.1. The van der Waals surface area contributed by atoms with Gasteiger partial charge in [0.1, 0.15) is 29.8 Å². The van der Waals surface area contributed by atoms with Crippen LogP contribution in [0.15, 0.2) is 60.7 Å². The largest absolute Gasteiger partial charge is 0.508 e. The molecular formula is C43H54F3N3O6. The SMILES string of the molecule is C[C@H]1O[C@@H](c2ccc(N3CCN(CCCC4Cc5cc(O)ccc5C5CC[C@@]6(C)C(CC[C@@H]6O)C45)CC3)cc2)[C@H](Oc2cccc(C(F)(F)F)n2)[C@@H](O)[C@H]1O. The van der Waals surface area contributed by atoms with E-state index in [1.165, 1.54) is 23.3 Å². The van der Waals surface area contributed by atoms with Crippen molar-refractivity contribution in [3.63, 3.8) is 0 Å². The molecule has 298 valence electrons. The van der Waals surface area contributed by atoms with Crippen molar-refractivity contribution < 1.29 is 43.1 Å². The van der Waals surface area contributed by atoms with Crippen LogP contribution in [-0.4, -0.2) is 93.6 Å². The van der Waals surface area contributed by atoms with E-state index in [-0.39, 0.29) is 17.4 Å². The van der Waals surface area contributed by atoms with E-state index in [2.05, 4.69) is 27.8 Å². The fourth-order valence-electron chi connectivity index (χ4n) is 10.9. The number of halogens is 3. The van der Waals surface area contributed by atoms with E-state index in [0.717, 1.165) is 89.4 Å². The summed E-state index contributed by atoms with van der Waals surface area (Å²) in [6.07, 6.45) is -2.91. The highest BCUT2D eigenvalue weighted by Gasteiger charge is 2.56.